The summed E-state index contributed by atoms with van der Waals surface area (Å²) in [5.74, 6) is -2.18. The second-order valence-electron chi connectivity index (χ2n) is 6.05. The molecule has 0 spiro atoms. The van der Waals surface area contributed by atoms with Gasteiger partial charge in [0.25, 0.3) is 5.91 Å². The van der Waals surface area contributed by atoms with Crippen LogP contribution < -0.4 is 11.1 Å². The number of carbonyl (C=O) groups is 3. The van der Waals surface area contributed by atoms with Crippen molar-refractivity contribution >= 4 is 28.7 Å². The van der Waals surface area contributed by atoms with Gasteiger partial charge in [-0.3, -0.25) is 14.6 Å². The Balaban J connectivity index is 1.75. The molecule has 0 aliphatic carbocycles. The molecule has 2 amide bonds. The molecule has 0 saturated carbocycles. The van der Waals surface area contributed by atoms with Crippen LogP contribution in [-0.4, -0.2) is 33.9 Å². The van der Waals surface area contributed by atoms with E-state index in [1.165, 1.54) is 18.3 Å². The number of carboxylic acids is 1. The van der Waals surface area contributed by atoms with Crippen molar-refractivity contribution in [1.82, 2.24) is 10.3 Å². The van der Waals surface area contributed by atoms with Gasteiger partial charge in [-0.25, -0.2) is 4.79 Å². The van der Waals surface area contributed by atoms with Gasteiger partial charge >= 0.3 is 5.97 Å². The number of para-hydroxylation sites is 1. The summed E-state index contributed by atoms with van der Waals surface area (Å²) in [6, 6.07) is 14.2. The number of nitrogens with one attached hydrogen (secondary N) is 1. The normalized spacial score (nSPS) is 11.7. The minimum atomic E-state index is -1.04. The van der Waals surface area contributed by atoms with Gasteiger partial charge in [0.15, 0.2) is 0 Å². The molecule has 0 unspecified atom stereocenters. The highest BCUT2D eigenvalue weighted by Gasteiger charge is 2.20. The molecule has 1 atom stereocenters. The monoisotopic (exact) mass is 363 g/mol. The number of primary amides is 1. The molecule has 0 bridgehead atoms. The molecule has 1 heterocycles. The van der Waals surface area contributed by atoms with Crippen LogP contribution in [0.25, 0.3) is 10.9 Å². The maximum absolute atomic E-state index is 12.5. The Labute approximate surface area is 154 Å². The number of amides is 2. The van der Waals surface area contributed by atoms with Gasteiger partial charge < -0.3 is 16.2 Å². The molecule has 3 rings (SSSR count). The predicted octanol–water partition coefficient (Wildman–Crippen LogP) is 1.76. The number of aromatic nitrogens is 1. The lowest BCUT2D eigenvalue weighted by Crippen LogP contribution is -2.45. The summed E-state index contributed by atoms with van der Waals surface area (Å²) < 4.78 is 0. The van der Waals surface area contributed by atoms with Gasteiger partial charge in [-0.05, 0) is 29.8 Å². The van der Waals surface area contributed by atoms with E-state index in [-0.39, 0.29) is 12.0 Å². The van der Waals surface area contributed by atoms with Crippen LogP contribution in [0.15, 0.2) is 60.8 Å². The Hall–Kier alpha value is -3.74. The number of aromatic carboxylic acids is 1. The number of fused-ring (bicyclic) bond motifs is 1. The molecular formula is C20H17N3O4. The number of benzene rings is 2. The lowest BCUT2D eigenvalue weighted by molar-refractivity contribution is -0.119. The fraction of sp³-hybridized carbons (Fsp3) is 0.100. The Kier molecular flexibility index (Phi) is 5.12. The van der Waals surface area contributed by atoms with E-state index in [0.29, 0.717) is 11.1 Å². The molecule has 3 aromatic rings. The topological polar surface area (TPSA) is 122 Å². The molecule has 0 saturated heterocycles. The number of hydrogen-bond donors (Lipinski definition) is 3. The van der Waals surface area contributed by atoms with Crippen molar-refractivity contribution in [1.29, 1.82) is 0 Å². The number of rotatable bonds is 6. The second kappa shape index (κ2) is 7.65. The zero-order chi connectivity index (χ0) is 19.4. The number of pyridine rings is 1. The van der Waals surface area contributed by atoms with E-state index < -0.39 is 23.8 Å². The quantitative estimate of drug-likeness (QED) is 0.616. The standard InChI is InChI=1S/C20H17N3O4/c21-18(24)17(9-12-5-7-13(8-6-12)20(26)27)23-19(25)15-10-14-3-1-2-4-16(14)22-11-15/h1-8,10-11,17H,9H2,(H2,21,24)(H,23,25)(H,26,27)/t17-/m0/s1. The van der Waals surface area contributed by atoms with Crippen LogP contribution in [0.3, 0.4) is 0 Å². The third-order valence-corrected chi connectivity index (χ3v) is 4.14. The fourth-order valence-electron chi connectivity index (χ4n) is 2.68. The second-order valence-corrected chi connectivity index (χ2v) is 6.05. The summed E-state index contributed by atoms with van der Waals surface area (Å²) in [4.78, 5) is 39.4. The number of nitrogens with two attached hydrogens (primary N) is 1. The lowest BCUT2D eigenvalue weighted by Gasteiger charge is -2.16. The maximum Gasteiger partial charge on any atom is 0.335 e. The van der Waals surface area contributed by atoms with Crippen LogP contribution in [0, 0.1) is 0 Å². The van der Waals surface area contributed by atoms with E-state index in [1.807, 2.05) is 24.3 Å². The first kappa shape index (κ1) is 18.1. The first-order chi connectivity index (χ1) is 12.9. The van der Waals surface area contributed by atoms with Crippen molar-refractivity contribution in [3.63, 3.8) is 0 Å². The Morgan fingerprint density at radius 2 is 1.74 bits per heavy atom. The van der Waals surface area contributed by atoms with Crippen LogP contribution in [0.5, 0.6) is 0 Å². The highest BCUT2D eigenvalue weighted by atomic mass is 16.4. The summed E-state index contributed by atoms with van der Waals surface area (Å²) in [6.45, 7) is 0. The summed E-state index contributed by atoms with van der Waals surface area (Å²) in [6.07, 6.45) is 1.60. The van der Waals surface area contributed by atoms with E-state index >= 15 is 0 Å². The minimum Gasteiger partial charge on any atom is -0.478 e. The van der Waals surface area contributed by atoms with Crippen LogP contribution in [-0.2, 0) is 11.2 Å². The van der Waals surface area contributed by atoms with Gasteiger partial charge in [-0.1, -0.05) is 30.3 Å². The smallest absolute Gasteiger partial charge is 0.335 e. The van der Waals surface area contributed by atoms with Gasteiger partial charge in [0.2, 0.25) is 5.91 Å². The van der Waals surface area contributed by atoms with E-state index in [0.717, 1.165) is 10.9 Å². The van der Waals surface area contributed by atoms with Crippen molar-refractivity contribution in [3.8, 4) is 0 Å². The zero-order valence-electron chi connectivity index (χ0n) is 14.3. The van der Waals surface area contributed by atoms with Gasteiger partial charge in [-0.2, -0.15) is 0 Å². The van der Waals surface area contributed by atoms with Crippen LogP contribution >= 0.6 is 0 Å². The first-order valence-electron chi connectivity index (χ1n) is 8.21. The van der Waals surface area contributed by atoms with Gasteiger partial charge in [0.1, 0.15) is 6.04 Å². The van der Waals surface area contributed by atoms with Crippen molar-refractivity contribution < 1.29 is 19.5 Å². The minimum absolute atomic E-state index is 0.139. The van der Waals surface area contributed by atoms with E-state index in [1.54, 1.807) is 18.2 Å². The molecule has 7 nitrogen and oxygen atoms in total. The molecule has 0 radical (unpaired) electrons. The molecule has 7 heteroatoms. The first-order valence-corrected chi connectivity index (χ1v) is 8.21. The Morgan fingerprint density at radius 1 is 1.04 bits per heavy atom. The van der Waals surface area contributed by atoms with E-state index in [2.05, 4.69) is 10.3 Å². The number of carboxylic acid groups (broad SMARTS) is 1. The average molecular weight is 363 g/mol. The number of hydrogen-bond acceptors (Lipinski definition) is 4. The fourth-order valence-corrected chi connectivity index (χ4v) is 2.68. The Bertz CT molecular complexity index is 1020. The van der Waals surface area contributed by atoms with Gasteiger partial charge in [0.05, 0.1) is 16.6 Å². The largest absolute Gasteiger partial charge is 0.478 e. The Morgan fingerprint density at radius 3 is 2.41 bits per heavy atom. The molecule has 0 fully saturated rings. The third kappa shape index (κ3) is 4.27. The maximum atomic E-state index is 12.5. The van der Waals surface area contributed by atoms with Crippen molar-refractivity contribution in [2.45, 2.75) is 12.5 Å². The zero-order valence-corrected chi connectivity index (χ0v) is 14.3. The van der Waals surface area contributed by atoms with E-state index in [4.69, 9.17) is 10.8 Å². The van der Waals surface area contributed by atoms with Crippen LogP contribution in [0.1, 0.15) is 26.3 Å². The van der Waals surface area contributed by atoms with Crippen LogP contribution in [0.2, 0.25) is 0 Å². The highest BCUT2D eigenvalue weighted by molar-refractivity contribution is 5.99. The molecule has 0 aliphatic rings. The molecule has 2 aromatic carbocycles. The molecule has 0 aliphatic heterocycles. The molecule has 27 heavy (non-hydrogen) atoms. The van der Waals surface area contributed by atoms with Crippen molar-refractivity contribution in [2.75, 3.05) is 0 Å². The summed E-state index contributed by atoms with van der Waals surface area (Å²) in [7, 11) is 0. The molecular weight excluding hydrogens is 346 g/mol. The predicted molar refractivity (Wildman–Crippen MR) is 99.3 cm³/mol. The number of nitrogens with zero attached hydrogens (tertiary/aromatic N) is 1. The van der Waals surface area contributed by atoms with E-state index in [9.17, 15) is 14.4 Å². The van der Waals surface area contributed by atoms with Crippen molar-refractivity contribution in [3.05, 3.63) is 77.5 Å². The third-order valence-electron chi connectivity index (χ3n) is 4.14. The van der Waals surface area contributed by atoms with Crippen molar-refractivity contribution in [2.24, 2.45) is 5.73 Å². The highest BCUT2D eigenvalue weighted by Crippen LogP contribution is 2.13. The molecule has 4 N–H and O–H groups in total. The summed E-state index contributed by atoms with van der Waals surface area (Å²) in [5, 5.41) is 12.4. The lowest BCUT2D eigenvalue weighted by atomic mass is 10.0. The van der Waals surface area contributed by atoms with Gasteiger partial charge in [-0.15, -0.1) is 0 Å². The van der Waals surface area contributed by atoms with Crippen LogP contribution in [0.4, 0.5) is 0 Å². The van der Waals surface area contributed by atoms with Gasteiger partial charge in [0, 0.05) is 18.0 Å². The molecule has 136 valence electrons. The average Bonchev–Trinajstić information content (AvgIpc) is 2.67. The SMILES string of the molecule is NC(=O)[C@H](Cc1ccc(C(=O)O)cc1)NC(=O)c1cnc2ccccc2c1. The summed E-state index contributed by atoms with van der Waals surface area (Å²) >= 11 is 0. The summed E-state index contributed by atoms with van der Waals surface area (Å²) in [5.41, 5.74) is 7.32. The molecule has 1 aromatic heterocycles. The number of carbonyl (C=O) groups excluding carboxylic acids is 2.